The molecule has 3 rings (SSSR count). The fourth-order valence-corrected chi connectivity index (χ4v) is 3.29. The number of piperidine rings is 1. The first-order chi connectivity index (χ1) is 6.72. The van der Waals surface area contributed by atoms with Crippen molar-refractivity contribution in [3.63, 3.8) is 0 Å². The highest BCUT2D eigenvalue weighted by molar-refractivity contribution is 9.10. The van der Waals surface area contributed by atoms with E-state index in [1.54, 1.807) is 0 Å². The molecular formula is C12H14BrN. The van der Waals surface area contributed by atoms with Crippen molar-refractivity contribution in [2.24, 2.45) is 5.92 Å². The van der Waals surface area contributed by atoms with Gasteiger partial charge in [-0.3, -0.25) is 0 Å². The summed E-state index contributed by atoms with van der Waals surface area (Å²) >= 11 is 3.63. The summed E-state index contributed by atoms with van der Waals surface area (Å²) in [4.78, 5) is 2.57. The Balaban J connectivity index is 2.00. The van der Waals surface area contributed by atoms with Crippen LogP contribution in [0.15, 0.2) is 28.7 Å². The van der Waals surface area contributed by atoms with E-state index in [0.29, 0.717) is 5.54 Å². The van der Waals surface area contributed by atoms with Crippen LogP contribution in [0.3, 0.4) is 0 Å². The third-order valence-electron chi connectivity index (χ3n) is 3.84. The molecule has 1 aliphatic carbocycles. The quantitative estimate of drug-likeness (QED) is 0.740. The van der Waals surface area contributed by atoms with Gasteiger partial charge in [0.25, 0.3) is 0 Å². The first kappa shape index (κ1) is 8.78. The van der Waals surface area contributed by atoms with Crippen LogP contribution in [0.5, 0.6) is 0 Å². The van der Waals surface area contributed by atoms with Crippen molar-refractivity contribution in [3.8, 4) is 0 Å². The number of hydrogen-bond donors (Lipinski definition) is 0. The smallest absolute Gasteiger partial charge is 0.0515 e. The predicted molar refractivity (Wildman–Crippen MR) is 62.6 cm³/mol. The summed E-state index contributed by atoms with van der Waals surface area (Å²) in [7, 11) is 0. The van der Waals surface area contributed by atoms with Gasteiger partial charge in [0.1, 0.15) is 0 Å². The van der Waals surface area contributed by atoms with Crippen molar-refractivity contribution >= 4 is 21.6 Å². The molecule has 0 aromatic heterocycles. The van der Waals surface area contributed by atoms with Crippen molar-refractivity contribution in [1.29, 1.82) is 0 Å². The third-order valence-corrected chi connectivity index (χ3v) is 4.51. The van der Waals surface area contributed by atoms with Crippen molar-refractivity contribution in [2.75, 3.05) is 11.4 Å². The van der Waals surface area contributed by atoms with E-state index >= 15 is 0 Å². The number of rotatable bonds is 1. The lowest BCUT2D eigenvalue weighted by Gasteiger charge is -2.28. The molecule has 1 heterocycles. The Kier molecular flexibility index (Phi) is 1.73. The molecule has 1 saturated heterocycles. The van der Waals surface area contributed by atoms with Gasteiger partial charge in [-0.15, -0.1) is 0 Å². The first-order valence-electron chi connectivity index (χ1n) is 5.24. The van der Waals surface area contributed by atoms with Crippen LogP contribution in [0.1, 0.15) is 19.8 Å². The SMILES string of the molecule is C[C@@]12C[C@@H]1CCN2c1ccccc1Br. The van der Waals surface area contributed by atoms with E-state index in [4.69, 9.17) is 0 Å². The first-order valence-corrected chi connectivity index (χ1v) is 6.03. The summed E-state index contributed by atoms with van der Waals surface area (Å²) in [5, 5.41) is 0. The van der Waals surface area contributed by atoms with Crippen molar-refractivity contribution in [2.45, 2.75) is 25.3 Å². The van der Waals surface area contributed by atoms with Gasteiger partial charge in [0.05, 0.1) is 5.69 Å². The zero-order valence-corrected chi connectivity index (χ0v) is 9.92. The lowest BCUT2D eigenvalue weighted by Crippen LogP contribution is -2.32. The van der Waals surface area contributed by atoms with Gasteiger partial charge in [-0.25, -0.2) is 0 Å². The number of fused-ring (bicyclic) bond motifs is 1. The largest absolute Gasteiger partial charge is 0.365 e. The second-order valence-corrected chi connectivity index (χ2v) is 5.50. The molecule has 0 unspecified atom stereocenters. The van der Waals surface area contributed by atoms with Crippen LogP contribution in [0.2, 0.25) is 0 Å². The second-order valence-electron chi connectivity index (χ2n) is 4.65. The van der Waals surface area contributed by atoms with Crippen molar-refractivity contribution < 1.29 is 0 Å². The molecule has 0 radical (unpaired) electrons. The minimum Gasteiger partial charge on any atom is -0.365 e. The minimum atomic E-state index is 0.476. The zero-order chi connectivity index (χ0) is 9.76. The lowest BCUT2D eigenvalue weighted by atomic mass is 10.2. The van der Waals surface area contributed by atoms with Crippen LogP contribution in [0.25, 0.3) is 0 Å². The number of hydrogen-bond acceptors (Lipinski definition) is 1. The topological polar surface area (TPSA) is 3.24 Å². The van der Waals surface area contributed by atoms with Gasteiger partial charge in [-0.2, -0.15) is 0 Å². The van der Waals surface area contributed by atoms with E-state index in [1.807, 2.05) is 0 Å². The Morgan fingerprint density at radius 2 is 2.21 bits per heavy atom. The summed E-state index contributed by atoms with van der Waals surface area (Å²) in [6.45, 7) is 3.62. The molecule has 74 valence electrons. The van der Waals surface area contributed by atoms with Gasteiger partial charge in [0.2, 0.25) is 0 Å². The van der Waals surface area contributed by atoms with Crippen molar-refractivity contribution in [1.82, 2.24) is 0 Å². The molecule has 0 spiro atoms. The van der Waals surface area contributed by atoms with E-state index in [0.717, 1.165) is 5.92 Å². The molecule has 1 saturated carbocycles. The second kappa shape index (κ2) is 2.75. The monoisotopic (exact) mass is 251 g/mol. The van der Waals surface area contributed by atoms with E-state index in [2.05, 4.69) is 52.0 Å². The molecule has 14 heavy (non-hydrogen) atoms. The Morgan fingerprint density at radius 3 is 2.79 bits per heavy atom. The molecule has 0 amide bonds. The Hall–Kier alpha value is -0.500. The van der Waals surface area contributed by atoms with Gasteiger partial charge in [0.15, 0.2) is 0 Å². The Labute approximate surface area is 93.2 Å². The normalized spacial score (nSPS) is 34.4. The zero-order valence-electron chi connectivity index (χ0n) is 8.33. The average molecular weight is 252 g/mol. The Bertz CT molecular complexity index is 374. The highest BCUT2D eigenvalue weighted by Crippen LogP contribution is 2.57. The standard InChI is InChI=1S/C12H14BrN/c1-12-8-9(12)6-7-14(12)11-5-3-2-4-10(11)13/h2-5,9H,6-8H2,1H3/t9-,12+/m0/s1. The third kappa shape index (κ3) is 1.07. The van der Waals surface area contributed by atoms with Crippen LogP contribution in [0, 0.1) is 5.92 Å². The van der Waals surface area contributed by atoms with Gasteiger partial charge in [0, 0.05) is 16.6 Å². The predicted octanol–water partition coefficient (Wildman–Crippen LogP) is 3.44. The maximum Gasteiger partial charge on any atom is 0.0515 e. The molecule has 0 N–H and O–H groups in total. The highest BCUT2D eigenvalue weighted by atomic mass is 79.9. The van der Waals surface area contributed by atoms with Crippen LogP contribution in [-0.4, -0.2) is 12.1 Å². The van der Waals surface area contributed by atoms with Crippen LogP contribution < -0.4 is 4.90 Å². The fourth-order valence-electron chi connectivity index (χ4n) is 2.79. The van der Waals surface area contributed by atoms with Crippen LogP contribution >= 0.6 is 15.9 Å². The van der Waals surface area contributed by atoms with E-state index in [9.17, 15) is 0 Å². The lowest BCUT2D eigenvalue weighted by molar-refractivity contribution is 0.687. The molecule has 1 aromatic rings. The number of anilines is 1. The summed E-state index contributed by atoms with van der Waals surface area (Å²) in [6.07, 6.45) is 2.76. The number of halogens is 1. The number of para-hydroxylation sites is 1. The van der Waals surface area contributed by atoms with Crippen LogP contribution in [0.4, 0.5) is 5.69 Å². The van der Waals surface area contributed by atoms with Gasteiger partial charge in [-0.05, 0) is 53.7 Å². The molecule has 1 nitrogen and oxygen atoms in total. The van der Waals surface area contributed by atoms with E-state index in [-0.39, 0.29) is 0 Å². The summed E-state index contributed by atoms with van der Waals surface area (Å²) in [5.74, 6) is 0.953. The van der Waals surface area contributed by atoms with Gasteiger partial charge < -0.3 is 4.90 Å². The van der Waals surface area contributed by atoms with Gasteiger partial charge in [-0.1, -0.05) is 12.1 Å². The fraction of sp³-hybridized carbons (Fsp3) is 0.500. The van der Waals surface area contributed by atoms with E-state index < -0.39 is 0 Å². The number of nitrogens with zero attached hydrogens (tertiary/aromatic N) is 1. The number of benzene rings is 1. The minimum absolute atomic E-state index is 0.476. The Morgan fingerprint density at radius 1 is 1.43 bits per heavy atom. The van der Waals surface area contributed by atoms with Crippen molar-refractivity contribution in [3.05, 3.63) is 28.7 Å². The summed E-state index contributed by atoms with van der Waals surface area (Å²) in [6, 6.07) is 8.56. The molecule has 0 bridgehead atoms. The maximum absolute atomic E-state index is 3.63. The van der Waals surface area contributed by atoms with Gasteiger partial charge >= 0.3 is 0 Å². The highest BCUT2D eigenvalue weighted by Gasteiger charge is 2.58. The maximum atomic E-state index is 3.63. The molecule has 1 aliphatic heterocycles. The molecular weight excluding hydrogens is 238 g/mol. The van der Waals surface area contributed by atoms with Crippen LogP contribution in [-0.2, 0) is 0 Å². The molecule has 2 aliphatic rings. The molecule has 2 heteroatoms. The molecule has 2 fully saturated rings. The molecule has 2 atom stereocenters. The van der Waals surface area contributed by atoms with E-state index in [1.165, 1.54) is 29.5 Å². The summed E-state index contributed by atoms with van der Waals surface area (Å²) < 4.78 is 1.23. The summed E-state index contributed by atoms with van der Waals surface area (Å²) in [5.41, 5.74) is 1.85. The average Bonchev–Trinajstić information content (AvgIpc) is 2.72. The molecule has 1 aromatic carbocycles.